The second-order valence-electron chi connectivity index (χ2n) is 11.4. The van der Waals surface area contributed by atoms with Gasteiger partial charge < -0.3 is 15.0 Å². The maximum absolute atomic E-state index is 13.2. The van der Waals surface area contributed by atoms with Crippen molar-refractivity contribution in [2.45, 2.75) is 77.7 Å². The molecule has 1 atom stereocenters. The van der Waals surface area contributed by atoms with Crippen LogP contribution in [-0.4, -0.2) is 52.5 Å². The van der Waals surface area contributed by atoms with Gasteiger partial charge in [-0.2, -0.15) is 0 Å². The van der Waals surface area contributed by atoms with Gasteiger partial charge in [0.05, 0.1) is 13.0 Å². The molecule has 6 rings (SSSR count). The number of anilines is 1. The number of hydrogen-bond acceptors (Lipinski definition) is 4. The third-order valence-electron chi connectivity index (χ3n) is 8.76. The monoisotopic (exact) mass is 497 g/mol. The summed E-state index contributed by atoms with van der Waals surface area (Å²) in [7, 11) is 0. The molecule has 6 nitrogen and oxygen atoms in total. The van der Waals surface area contributed by atoms with Gasteiger partial charge in [-0.3, -0.25) is 14.5 Å². The van der Waals surface area contributed by atoms with E-state index >= 15 is 0 Å². The second kappa shape index (κ2) is 10.1. The molecule has 1 aromatic carbocycles. The van der Waals surface area contributed by atoms with Crippen LogP contribution in [0.25, 0.3) is 0 Å². The largest absolute Gasteiger partial charge is 0.494 e. The van der Waals surface area contributed by atoms with Crippen LogP contribution in [-0.2, 0) is 9.59 Å². The van der Waals surface area contributed by atoms with E-state index in [1.165, 1.54) is 38.5 Å². The molecule has 35 heavy (non-hydrogen) atoms. The molecule has 7 heteroatoms. The molecule has 1 unspecified atom stereocenters. The highest BCUT2D eigenvalue weighted by Crippen LogP contribution is 2.61. The predicted octanol–water partition coefficient (Wildman–Crippen LogP) is 5.23. The number of hydrogen-bond donors (Lipinski definition) is 1. The van der Waals surface area contributed by atoms with Crippen molar-refractivity contribution in [1.82, 2.24) is 9.80 Å². The summed E-state index contributed by atoms with van der Waals surface area (Å²) in [6, 6.07) is 6.89. The molecular weight excluding hydrogens is 458 g/mol. The van der Waals surface area contributed by atoms with Crippen LogP contribution in [0, 0.1) is 23.2 Å². The lowest BCUT2D eigenvalue weighted by molar-refractivity contribution is -0.130. The van der Waals surface area contributed by atoms with E-state index in [0.717, 1.165) is 42.9 Å². The molecule has 1 aromatic rings. The minimum absolute atomic E-state index is 0.0403. The minimum Gasteiger partial charge on any atom is -0.494 e. The topological polar surface area (TPSA) is 61.9 Å². The van der Waals surface area contributed by atoms with Crippen LogP contribution in [0.4, 0.5) is 5.69 Å². The van der Waals surface area contributed by atoms with Crippen molar-refractivity contribution in [2.75, 3.05) is 25.0 Å². The molecule has 4 aliphatic carbocycles. The molecule has 2 amide bonds. The SMILES string of the molecule is CCCOc1ccc(NC(=O)CC2C(=O)N(CC)C(=S)N2CCC23CC4CC(CC(C4)C2)C3)cc1. The first-order chi connectivity index (χ1) is 16.9. The van der Waals surface area contributed by atoms with Crippen LogP contribution in [0.3, 0.4) is 0 Å². The number of nitrogens with zero attached hydrogens (tertiary/aromatic N) is 2. The van der Waals surface area contributed by atoms with Gasteiger partial charge in [0.15, 0.2) is 5.11 Å². The third-order valence-corrected chi connectivity index (χ3v) is 9.21. The van der Waals surface area contributed by atoms with Crippen LogP contribution in [0.5, 0.6) is 5.75 Å². The molecule has 0 aromatic heterocycles. The Morgan fingerprint density at radius 3 is 2.29 bits per heavy atom. The molecule has 5 fully saturated rings. The van der Waals surface area contributed by atoms with Gasteiger partial charge in [-0.15, -0.1) is 0 Å². The van der Waals surface area contributed by atoms with Gasteiger partial charge in [0.25, 0.3) is 5.91 Å². The number of benzene rings is 1. The van der Waals surface area contributed by atoms with E-state index < -0.39 is 6.04 Å². The van der Waals surface area contributed by atoms with Crippen molar-refractivity contribution in [3.63, 3.8) is 0 Å². The minimum atomic E-state index is -0.511. The summed E-state index contributed by atoms with van der Waals surface area (Å²) >= 11 is 5.74. The first kappa shape index (κ1) is 24.5. The number of likely N-dealkylation sites (N-methyl/N-ethyl adjacent to an activating group) is 1. The van der Waals surface area contributed by atoms with Gasteiger partial charge in [-0.25, -0.2) is 0 Å². The molecule has 1 aliphatic heterocycles. The van der Waals surface area contributed by atoms with E-state index in [9.17, 15) is 9.59 Å². The van der Waals surface area contributed by atoms with E-state index in [-0.39, 0.29) is 18.2 Å². The average molecular weight is 498 g/mol. The normalized spacial score (nSPS) is 31.4. The highest BCUT2D eigenvalue weighted by molar-refractivity contribution is 7.80. The van der Waals surface area contributed by atoms with Crippen LogP contribution < -0.4 is 10.1 Å². The van der Waals surface area contributed by atoms with Gasteiger partial charge in [0, 0.05) is 18.8 Å². The average Bonchev–Trinajstić information content (AvgIpc) is 3.04. The summed E-state index contributed by atoms with van der Waals surface area (Å²) in [5.74, 6) is 3.30. The van der Waals surface area contributed by atoms with E-state index in [2.05, 4.69) is 17.1 Å². The van der Waals surface area contributed by atoms with Crippen LogP contribution in [0.15, 0.2) is 24.3 Å². The zero-order valence-electron chi connectivity index (χ0n) is 21.1. The first-order valence-corrected chi connectivity index (χ1v) is 13.9. The Morgan fingerprint density at radius 1 is 1.09 bits per heavy atom. The Balaban J connectivity index is 1.23. The van der Waals surface area contributed by atoms with E-state index in [1.54, 1.807) is 4.90 Å². The molecule has 4 bridgehead atoms. The van der Waals surface area contributed by atoms with Gasteiger partial charge >= 0.3 is 0 Å². The smallest absolute Gasteiger partial charge is 0.252 e. The number of ether oxygens (including phenoxy) is 1. The molecule has 4 saturated carbocycles. The van der Waals surface area contributed by atoms with Crippen LogP contribution in [0.2, 0.25) is 0 Å². The fourth-order valence-electron chi connectivity index (χ4n) is 7.63. The quantitative estimate of drug-likeness (QED) is 0.449. The highest BCUT2D eigenvalue weighted by Gasteiger charge is 2.51. The predicted molar refractivity (Wildman–Crippen MR) is 141 cm³/mol. The number of carbonyl (C=O) groups is 2. The summed E-state index contributed by atoms with van der Waals surface area (Å²) in [6.45, 7) is 6.00. The second-order valence-corrected chi connectivity index (χ2v) is 11.7. The lowest BCUT2D eigenvalue weighted by Crippen LogP contribution is -2.48. The molecular formula is C28H39N3O3S. The van der Waals surface area contributed by atoms with Crippen molar-refractivity contribution in [2.24, 2.45) is 23.2 Å². The van der Waals surface area contributed by atoms with Gasteiger partial charge in [-0.1, -0.05) is 6.92 Å². The van der Waals surface area contributed by atoms with Crippen molar-refractivity contribution in [3.05, 3.63) is 24.3 Å². The van der Waals surface area contributed by atoms with Gasteiger partial charge in [0.1, 0.15) is 11.8 Å². The zero-order valence-corrected chi connectivity index (χ0v) is 21.9. The number of carbonyl (C=O) groups excluding carboxylic acids is 2. The van der Waals surface area contributed by atoms with Crippen molar-refractivity contribution < 1.29 is 14.3 Å². The van der Waals surface area contributed by atoms with Gasteiger partial charge in [-0.05, 0) is 118 Å². The molecule has 1 saturated heterocycles. The Bertz CT molecular complexity index is 927. The number of amides is 2. The third kappa shape index (κ3) is 5.07. The fraction of sp³-hybridized carbons (Fsp3) is 0.679. The molecule has 1 N–H and O–H groups in total. The van der Waals surface area contributed by atoms with Gasteiger partial charge in [0.2, 0.25) is 5.91 Å². The van der Waals surface area contributed by atoms with Crippen molar-refractivity contribution in [1.29, 1.82) is 0 Å². The zero-order chi connectivity index (χ0) is 24.6. The molecule has 0 radical (unpaired) electrons. The first-order valence-electron chi connectivity index (χ1n) is 13.5. The Kier molecular flexibility index (Phi) is 7.06. The molecule has 0 spiro atoms. The van der Waals surface area contributed by atoms with Crippen molar-refractivity contribution >= 4 is 34.8 Å². The fourth-order valence-corrected chi connectivity index (χ4v) is 8.07. The van der Waals surface area contributed by atoms with E-state index in [4.69, 9.17) is 17.0 Å². The summed E-state index contributed by atoms with van der Waals surface area (Å²) in [6.07, 6.45) is 10.5. The number of nitrogens with one attached hydrogen (secondary N) is 1. The summed E-state index contributed by atoms with van der Waals surface area (Å²) in [4.78, 5) is 29.9. The van der Waals surface area contributed by atoms with E-state index in [1.807, 2.05) is 31.2 Å². The number of thiocarbonyl (C=S) groups is 1. The Morgan fingerprint density at radius 2 is 1.71 bits per heavy atom. The summed E-state index contributed by atoms with van der Waals surface area (Å²) in [5.41, 5.74) is 1.13. The summed E-state index contributed by atoms with van der Waals surface area (Å²) in [5, 5.41) is 3.55. The van der Waals surface area contributed by atoms with Crippen molar-refractivity contribution in [3.8, 4) is 5.75 Å². The van der Waals surface area contributed by atoms with Crippen LogP contribution >= 0.6 is 12.2 Å². The maximum Gasteiger partial charge on any atom is 0.252 e. The Labute approximate surface area is 214 Å². The molecule has 5 aliphatic rings. The standard InChI is InChI=1S/C28H39N3O3S/c1-3-11-34-23-7-5-22(6-8-23)29-25(32)15-24-26(33)30(4-2)27(35)31(24)10-9-28-16-19-12-20(17-28)14-21(13-19)18-28/h5-8,19-21,24H,3-4,9-18H2,1-2H3,(H,29,32). The lowest BCUT2D eigenvalue weighted by Gasteiger charge is -2.57. The van der Waals surface area contributed by atoms with Crippen LogP contribution in [0.1, 0.15) is 71.6 Å². The molecule has 1 heterocycles. The summed E-state index contributed by atoms with van der Waals surface area (Å²) < 4.78 is 5.62. The lowest BCUT2D eigenvalue weighted by atomic mass is 9.49. The Hall–Kier alpha value is -2.15. The highest BCUT2D eigenvalue weighted by atomic mass is 32.1. The molecule has 190 valence electrons. The number of rotatable bonds is 10. The maximum atomic E-state index is 13.2. The van der Waals surface area contributed by atoms with E-state index in [0.29, 0.717) is 29.4 Å².